The molecule has 0 saturated heterocycles. The number of hydrogen-bond acceptors (Lipinski definition) is 2. The van der Waals surface area contributed by atoms with Crippen LogP contribution in [0.5, 0.6) is 0 Å². The van der Waals surface area contributed by atoms with Crippen molar-refractivity contribution in [2.75, 3.05) is 6.54 Å². The molecule has 168 valence electrons. The summed E-state index contributed by atoms with van der Waals surface area (Å²) in [6.07, 6.45) is 1.87. The number of pyridine rings is 1. The van der Waals surface area contributed by atoms with Gasteiger partial charge in [-0.1, -0.05) is 47.3 Å². The van der Waals surface area contributed by atoms with E-state index in [0.717, 1.165) is 22.0 Å². The van der Waals surface area contributed by atoms with E-state index in [4.69, 9.17) is 11.3 Å². The maximum absolute atomic E-state index is 8.22. The van der Waals surface area contributed by atoms with Crippen LogP contribution in [0.15, 0.2) is 101 Å². The summed E-state index contributed by atoms with van der Waals surface area (Å²) in [6.45, 7) is -0.517. The van der Waals surface area contributed by atoms with Crippen molar-refractivity contribution in [3.8, 4) is 11.3 Å². The van der Waals surface area contributed by atoms with Crippen LogP contribution in [-0.2, 0) is 20.1 Å². The molecule has 2 aromatic heterocycles. The van der Waals surface area contributed by atoms with Crippen LogP contribution in [0.4, 0.5) is 0 Å². The van der Waals surface area contributed by atoms with E-state index < -0.39 is 6.85 Å². The Balaban J connectivity index is 0.000000213. The molecule has 0 bridgehead atoms. The molecule has 0 N–H and O–H groups in total. The van der Waals surface area contributed by atoms with Crippen molar-refractivity contribution in [2.45, 2.75) is 13.8 Å². The third kappa shape index (κ3) is 5.04. The smallest absolute Gasteiger partial charge is 0.724 e. The molecule has 0 aliphatic carbocycles. The van der Waals surface area contributed by atoms with E-state index in [9.17, 15) is 0 Å². The summed E-state index contributed by atoms with van der Waals surface area (Å²) >= 11 is 0. The minimum atomic E-state index is -2.42. The Labute approximate surface area is 220 Å². The molecule has 5 aromatic rings. The molecule has 0 amide bonds. The van der Waals surface area contributed by atoms with Crippen LogP contribution in [0.2, 0.25) is 0 Å². The molecule has 0 spiro atoms. The molecule has 0 saturated carbocycles. The number of nitrogens with zero attached hydrogens (tertiary/aromatic N) is 2. The fourth-order valence-corrected chi connectivity index (χ4v) is 3.56. The first kappa shape index (κ1) is 17.9. The van der Waals surface area contributed by atoms with Crippen LogP contribution in [-0.4, -0.2) is 11.5 Å². The largest absolute Gasteiger partial charge is 3.00 e. The van der Waals surface area contributed by atoms with Gasteiger partial charge in [-0.3, -0.25) is 0 Å². The van der Waals surface area contributed by atoms with Crippen molar-refractivity contribution >= 4 is 27.6 Å². The van der Waals surface area contributed by atoms with Gasteiger partial charge < -0.3 is 14.7 Å². The third-order valence-corrected chi connectivity index (χ3v) is 5.20. The molecule has 0 fully saturated rings. The monoisotopic (exact) mass is 625 g/mol. The Morgan fingerprint density at radius 1 is 0.971 bits per heavy atom. The quantitative estimate of drug-likeness (QED) is 0.187. The predicted molar refractivity (Wildman–Crippen MR) is 136 cm³/mol. The summed E-state index contributed by atoms with van der Waals surface area (Å²) in [5.41, 5.74) is 5.06. The Morgan fingerprint density at radius 3 is 2.65 bits per heavy atom. The van der Waals surface area contributed by atoms with Crippen molar-refractivity contribution in [3.63, 3.8) is 0 Å². The van der Waals surface area contributed by atoms with Gasteiger partial charge in [0.25, 0.3) is 0 Å². The van der Waals surface area contributed by atoms with Crippen LogP contribution in [0, 0.1) is 19.1 Å². The Hall–Kier alpha value is -3.46. The number of furan rings is 1. The van der Waals surface area contributed by atoms with Crippen molar-refractivity contribution in [3.05, 3.63) is 125 Å². The first-order chi connectivity index (χ1) is 18.2. The van der Waals surface area contributed by atoms with Crippen molar-refractivity contribution in [1.82, 2.24) is 4.98 Å². The standard InChI is InChI=1S/C18H13NO.C12H10N.Ir/c1-12-9-10-16(19-11-12)15-7-4-6-14-13-5-2-3-8-17(13)20-18(14)15;1-10-7-8-12(13-9-10)11-5-3-2-4-6-11;/h2-6,8-10H,11H2,1H3;2-5,7-9H,1H3;/q-2;-1;+3/i1D3,9D,10D;;. The van der Waals surface area contributed by atoms with Crippen LogP contribution < -0.4 is 0 Å². The summed E-state index contributed by atoms with van der Waals surface area (Å²) in [4.78, 5) is 4.32. The second-order valence-electron chi connectivity index (χ2n) is 7.58. The summed E-state index contributed by atoms with van der Waals surface area (Å²) in [5.74, 6) is 0. The van der Waals surface area contributed by atoms with Crippen LogP contribution in [0.1, 0.15) is 24.8 Å². The fraction of sp³-hybridized carbons (Fsp3) is 0.100. The first-order valence-corrected chi connectivity index (χ1v) is 10.5. The maximum Gasteiger partial charge on any atom is 3.00 e. The zero-order valence-electron chi connectivity index (χ0n) is 23.3. The maximum atomic E-state index is 8.22. The third-order valence-electron chi connectivity index (χ3n) is 5.20. The zero-order valence-corrected chi connectivity index (χ0v) is 20.7. The average Bonchev–Trinajstić information content (AvgIpc) is 3.30. The van der Waals surface area contributed by atoms with E-state index >= 15 is 0 Å². The van der Waals surface area contributed by atoms with Gasteiger partial charge in [0.1, 0.15) is 5.58 Å². The van der Waals surface area contributed by atoms with Gasteiger partial charge in [0, 0.05) is 22.6 Å². The van der Waals surface area contributed by atoms with Gasteiger partial charge in [0.2, 0.25) is 0 Å². The second-order valence-corrected chi connectivity index (χ2v) is 7.58. The second kappa shape index (κ2) is 10.6. The van der Waals surface area contributed by atoms with Gasteiger partial charge in [-0.25, -0.2) is 5.70 Å². The molecule has 1 aliphatic heterocycles. The van der Waals surface area contributed by atoms with E-state index in [1.165, 1.54) is 5.56 Å². The molecule has 3 heterocycles. The minimum Gasteiger partial charge on any atom is -0.724 e. The minimum absolute atomic E-state index is 0. The molecular weight excluding hydrogens is 597 g/mol. The summed E-state index contributed by atoms with van der Waals surface area (Å²) in [5, 5.41) is 6.08. The topological polar surface area (TPSA) is 40.1 Å². The number of allylic oxidation sites excluding steroid dienone is 2. The number of benzene rings is 3. The molecule has 6 rings (SSSR count). The van der Waals surface area contributed by atoms with Crippen molar-refractivity contribution in [1.29, 1.82) is 0 Å². The summed E-state index contributed by atoms with van der Waals surface area (Å²) in [6, 6.07) is 28.8. The SMILES string of the molecule is Cc1ccc(-c2[c-]cccc2)nc1.[2H]C1=C(c2[c-]ccc3c2oc2ccccc23)[N-]CC(C([2H])([2H])[2H])=C1[2H].[Ir+3]. The molecule has 4 heteroatoms. The number of fused-ring (bicyclic) bond motifs is 3. The number of aromatic nitrogens is 1. The summed E-state index contributed by atoms with van der Waals surface area (Å²) in [7, 11) is 0. The van der Waals surface area contributed by atoms with E-state index in [1.54, 1.807) is 6.07 Å². The van der Waals surface area contributed by atoms with Crippen LogP contribution in [0.25, 0.3) is 44.2 Å². The van der Waals surface area contributed by atoms with Gasteiger partial charge in [-0.15, -0.1) is 72.3 Å². The average molecular weight is 625 g/mol. The molecule has 0 unspecified atom stereocenters. The van der Waals surface area contributed by atoms with Gasteiger partial charge in [-0.2, -0.15) is 0 Å². The Kier molecular flexibility index (Phi) is 5.62. The molecule has 0 radical (unpaired) electrons. The van der Waals surface area contributed by atoms with E-state index in [-0.39, 0.29) is 50.0 Å². The van der Waals surface area contributed by atoms with Gasteiger partial charge in [0.05, 0.1) is 1.37 Å². The summed E-state index contributed by atoms with van der Waals surface area (Å²) < 4.78 is 44.6. The number of para-hydroxylation sites is 1. The van der Waals surface area contributed by atoms with Crippen LogP contribution >= 0.6 is 0 Å². The molecule has 0 atom stereocenters. The van der Waals surface area contributed by atoms with E-state index in [1.807, 2.05) is 73.8 Å². The molecule has 34 heavy (non-hydrogen) atoms. The van der Waals surface area contributed by atoms with Gasteiger partial charge in [0.15, 0.2) is 0 Å². The fourth-order valence-electron chi connectivity index (χ4n) is 3.56. The molecule has 1 aliphatic rings. The van der Waals surface area contributed by atoms with Crippen molar-refractivity contribution < 1.29 is 31.4 Å². The number of hydrogen-bond donors (Lipinski definition) is 0. The Morgan fingerprint density at radius 2 is 1.85 bits per heavy atom. The van der Waals surface area contributed by atoms with Crippen LogP contribution in [0.3, 0.4) is 0 Å². The van der Waals surface area contributed by atoms with E-state index in [0.29, 0.717) is 16.7 Å². The van der Waals surface area contributed by atoms with Gasteiger partial charge >= 0.3 is 20.1 Å². The first-order valence-electron chi connectivity index (χ1n) is 13.0. The van der Waals surface area contributed by atoms with Crippen molar-refractivity contribution in [2.24, 2.45) is 0 Å². The number of rotatable bonds is 2. The molecular formula is C30H23IrN2O. The van der Waals surface area contributed by atoms with Gasteiger partial charge in [-0.05, 0) is 31.1 Å². The molecule has 3 aromatic carbocycles. The zero-order chi connectivity index (χ0) is 26.9. The van der Waals surface area contributed by atoms with E-state index in [2.05, 4.69) is 28.5 Å². The Bertz CT molecular complexity index is 1670. The molecule has 3 nitrogen and oxygen atoms in total. The predicted octanol–water partition coefficient (Wildman–Crippen LogP) is 7.92. The normalized spacial score (nSPS) is 15.7. The number of aryl methyl sites for hydroxylation is 1.